The lowest BCUT2D eigenvalue weighted by Crippen LogP contribution is -2.37. The average molecular weight is 326 g/mol. The third kappa shape index (κ3) is 3.50. The Bertz CT molecular complexity index is 431. The maximum Gasteiger partial charge on any atom is 0.0513 e. The molecule has 1 aromatic carbocycles. The van der Waals surface area contributed by atoms with Gasteiger partial charge in [-0.05, 0) is 67.5 Å². The molecule has 1 aliphatic rings. The molecule has 1 saturated heterocycles. The van der Waals surface area contributed by atoms with Gasteiger partial charge in [0.2, 0.25) is 0 Å². The number of hydrogen-bond donors (Lipinski definition) is 1. The van der Waals surface area contributed by atoms with Crippen molar-refractivity contribution in [1.29, 1.82) is 0 Å². The number of anilines is 1. The van der Waals surface area contributed by atoms with Crippen molar-refractivity contribution >= 4 is 21.6 Å². The van der Waals surface area contributed by atoms with Crippen LogP contribution in [0, 0.1) is 0 Å². The van der Waals surface area contributed by atoms with Crippen molar-refractivity contribution in [2.24, 2.45) is 5.73 Å². The quantitative estimate of drug-likeness (QED) is 0.923. The minimum absolute atomic E-state index is 0.0847. The van der Waals surface area contributed by atoms with Gasteiger partial charge in [-0.15, -0.1) is 0 Å². The third-order valence-corrected chi connectivity index (χ3v) is 4.40. The highest BCUT2D eigenvalue weighted by Gasteiger charge is 2.26. The van der Waals surface area contributed by atoms with Gasteiger partial charge in [0.15, 0.2) is 0 Å². The van der Waals surface area contributed by atoms with Crippen LogP contribution < -0.4 is 10.6 Å². The largest absolute Gasteiger partial charge is 0.366 e. The van der Waals surface area contributed by atoms with Crippen molar-refractivity contribution in [3.05, 3.63) is 28.2 Å². The van der Waals surface area contributed by atoms with Gasteiger partial charge < -0.3 is 15.5 Å². The molecule has 2 N–H and O–H groups in total. The number of nitrogens with zero attached hydrogens (tertiary/aromatic N) is 2. The van der Waals surface area contributed by atoms with Crippen molar-refractivity contribution < 1.29 is 0 Å². The Hall–Kier alpha value is -0.580. The molecular formula is C15H24BrN3. The molecule has 1 aliphatic heterocycles. The van der Waals surface area contributed by atoms with Crippen LogP contribution in [-0.2, 0) is 0 Å². The summed E-state index contributed by atoms with van der Waals surface area (Å²) < 4.78 is 1.16. The van der Waals surface area contributed by atoms with Crippen molar-refractivity contribution in [2.45, 2.75) is 31.8 Å². The van der Waals surface area contributed by atoms with E-state index in [-0.39, 0.29) is 6.04 Å². The molecule has 1 heterocycles. The van der Waals surface area contributed by atoms with Crippen LogP contribution in [0.15, 0.2) is 22.7 Å². The predicted octanol–water partition coefficient (Wildman–Crippen LogP) is 3.00. The SMILES string of the molecule is CC(N)c1ccc(N2CCCC2CN(C)C)c(Br)c1. The molecule has 4 heteroatoms. The van der Waals surface area contributed by atoms with Gasteiger partial charge >= 0.3 is 0 Å². The minimum Gasteiger partial charge on any atom is -0.366 e. The van der Waals surface area contributed by atoms with Crippen LogP contribution in [0.2, 0.25) is 0 Å². The Balaban J connectivity index is 2.21. The number of likely N-dealkylation sites (N-methyl/N-ethyl adjacent to an activating group) is 1. The Morgan fingerprint density at radius 3 is 2.79 bits per heavy atom. The average Bonchev–Trinajstić information content (AvgIpc) is 2.75. The standard InChI is InChI=1S/C15H24BrN3/c1-11(17)12-6-7-15(14(16)9-12)19-8-4-5-13(19)10-18(2)3/h6-7,9,11,13H,4-5,8,10,17H2,1-3H3. The Morgan fingerprint density at radius 1 is 1.47 bits per heavy atom. The molecule has 1 fully saturated rings. The molecule has 2 rings (SSSR count). The zero-order valence-electron chi connectivity index (χ0n) is 12.1. The first kappa shape index (κ1) is 14.8. The lowest BCUT2D eigenvalue weighted by Gasteiger charge is -2.30. The molecule has 3 nitrogen and oxygen atoms in total. The van der Waals surface area contributed by atoms with Gasteiger partial charge in [-0.1, -0.05) is 6.07 Å². The van der Waals surface area contributed by atoms with Crippen LogP contribution in [0.1, 0.15) is 31.4 Å². The summed E-state index contributed by atoms with van der Waals surface area (Å²) >= 11 is 3.71. The molecular weight excluding hydrogens is 302 g/mol. The highest BCUT2D eigenvalue weighted by Crippen LogP contribution is 2.33. The Morgan fingerprint density at radius 2 is 2.21 bits per heavy atom. The molecule has 19 heavy (non-hydrogen) atoms. The van der Waals surface area contributed by atoms with Crippen molar-refractivity contribution in [3.8, 4) is 0 Å². The molecule has 1 aromatic rings. The number of nitrogens with two attached hydrogens (primary N) is 1. The van der Waals surface area contributed by atoms with Crippen LogP contribution in [0.5, 0.6) is 0 Å². The monoisotopic (exact) mass is 325 g/mol. The van der Waals surface area contributed by atoms with Gasteiger partial charge in [0, 0.05) is 29.6 Å². The summed E-state index contributed by atoms with van der Waals surface area (Å²) in [4.78, 5) is 4.79. The molecule has 0 aromatic heterocycles. The minimum atomic E-state index is 0.0847. The summed E-state index contributed by atoms with van der Waals surface area (Å²) in [5.41, 5.74) is 8.42. The van der Waals surface area contributed by atoms with E-state index in [9.17, 15) is 0 Å². The molecule has 2 atom stereocenters. The van der Waals surface area contributed by atoms with E-state index >= 15 is 0 Å². The van der Waals surface area contributed by atoms with Crippen LogP contribution in [0.25, 0.3) is 0 Å². The zero-order chi connectivity index (χ0) is 14.0. The molecule has 106 valence electrons. The van der Waals surface area contributed by atoms with Crippen LogP contribution in [-0.4, -0.2) is 38.1 Å². The Kier molecular flexibility index (Phi) is 4.87. The van der Waals surface area contributed by atoms with E-state index in [0.29, 0.717) is 6.04 Å². The smallest absolute Gasteiger partial charge is 0.0513 e. The molecule has 0 amide bonds. The molecule has 0 bridgehead atoms. The number of benzene rings is 1. The molecule has 0 spiro atoms. The van der Waals surface area contributed by atoms with Crippen molar-refractivity contribution in [3.63, 3.8) is 0 Å². The van der Waals surface area contributed by atoms with E-state index in [0.717, 1.165) is 17.6 Å². The fourth-order valence-electron chi connectivity index (χ4n) is 2.80. The predicted molar refractivity (Wildman–Crippen MR) is 85.7 cm³/mol. The fourth-order valence-corrected chi connectivity index (χ4v) is 3.43. The molecule has 0 aliphatic carbocycles. The summed E-state index contributed by atoms with van der Waals surface area (Å²) in [7, 11) is 4.29. The lowest BCUT2D eigenvalue weighted by molar-refractivity contribution is 0.372. The molecule has 0 saturated carbocycles. The maximum absolute atomic E-state index is 5.94. The van der Waals surface area contributed by atoms with Gasteiger partial charge in [0.1, 0.15) is 0 Å². The van der Waals surface area contributed by atoms with Gasteiger partial charge in [0.05, 0.1) is 5.69 Å². The van der Waals surface area contributed by atoms with Gasteiger partial charge in [-0.3, -0.25) is 0 Å². The second kappa shape index (κ2) is 6.25. The van der Waals surface area contributed by atoms with E-state index in [4.69, 9.17) is 5.73 Å². The number of halogens is 1. The maximum atomic E-state index is 5.94. The number of rotatable bonds is 4. The van der Waals surface area contributed by atoms with Crippen LogP contribution >= 0.6 is 15.9 Å². The third-order valence-electron chi connectivity index (χ3n) is 3.76. The van der Waals surface area contributed by atoms with E-state index in [1.165, 1.54) is 24.1 Å². The first-order valence-corrected chi connectivity index (χ1v) is 7.74. The van der Waals surface area contributed by atoms with E-state index in [1.807, 2.05) is 6.92 Å². The van der Waals surface area contributed by atoms with Gasteiger partial charge in [-0.25, -0.2) is 0 Å². The van der Waals surface area contributed by atoms with E-state index in [1.54, 1.807) is 0 Å². The van der Waals surface area contributed by atoms with Gasteiger partial charge in [-0.2, -0.15) is 0 Å². The zero-order valence-corrected chi connectivity index (χ0v) is 13.7. The molecule has 2 unspecified atom stereocenters. The highest BCUT2D eigenvalue weighted by molar-refractivity contribution is 9.10. The second-order valence-electron chi connectivity index (χ2n) is 5.75. The highest BCUT2D eigenvalue weighted by atomic mass is 79.9. The normalized spacial score (nSPS) is 21.2. The van der Waals surface area contributed by atoms with E-state index in [2.05, 4.69) is 58.0 Å². The summed E-state index contributed by atoms with van der Waals surface area (Å²) in [5, 5.41) is 0. The fraction of sp³-hybridized carbons (Fsp3) is 0.600. The summed E-state index contributed by atoms with van der Waals surface area (Å²) in [5.74, 6) is 0. The first-order chi connectivity index (χ1) is 8.99. The second-order valence-corrected chi connectivity index (χ2v) is 6.61. The Labute approximate surface area is 124 Å². The van der Waals surface area contributed by atoms with Crippen molar-refractivity contribution in [1.82, 2.24) is 4.90 Å². The van der Waals surface area contributed by atoms with E-state index < -0.39 is 0 Å². The number of hydrogen-bond acceptors (Lipinski definition) is 3. The first-order valence-electron chi connectivity index (χ1n) is 6.95. The summed E-state index contributed by atoms with van der Waals surface area (Å²) in [6.07, 6.45) is 2.56. The summed E-state index contributed by atoms with van der Waals surface area (Å²) in [6, 6.07) is 7.21. The lowest BCUT2D eigenvalue weighted by atomic mass is 10.1. The molecule has 0 radical (unpaired) electrons. The van der Waals surface area contributed by atoms with Crippen molar-refractivity contribution in [2.75, 3.05) is 32.1 Å². The van der Waals surface area contributed by atoms with Crippen LogP contribution in [0.3, 0.4) is 0 Å². The van der Waals surface area contributed by atoms with Crippen LogP contribution in [0.4, 0.5) is 5.69 Å². The summed E-state index contributed by atoms with van der Waals surface area (Å²) in [6.45, 7) is 4.28. The topological polar surface area (TPSA) is 32.5 Å². The van der Waals surface area contributed by atoms with Gasteiger partial charge in [0.25, 0.3) is 0 Å².